The molecule has 0 aliphatic carbocycles. The van der Waals surface area contributed by atoms with Crippen molar-refractivity contribution in [3.05, 3.63) is 58.6 Å². The second kappa shape index (κ2) is 7.79. The van der Waals surface area contributed by atoms with Crippen molar-refractivity contribution in [1.29, 1.82) is 0 Å². The molecule has 1 aliphatic heterocycles. The molecule has 0 radical (unpaired) electrons. The zero-order valence-corrected chi connectivity index (χ0v) is 14.0. The Kier molecular flexibility index (Phi) is 5.51. The topological polar surface area (TPSA) is 55.8 Å². The lowest BCUT2D eigenvalue weighted by Crippen LogP contribution is -2.11. The first-order valence-electron chi connectivity index (χ1n) is 7.91. The lowest BCUT2D eigenvalue weighted by Gasteiger charge is -2.13. The van der Waals surface area contributed by atoms with E-state index in [0.29, 0.717) is 23.8 Å². The normalized spacial score (nSPS) is 17.1. The number of rotatable bonds is 6. The number of hydrogen-bond acceptors (Lipinski definition) is 3. The van der Waals surface area contributed by atoms with Gasteiger partial charge < -0.3 is 14.6 Å². The first-order chi connectivity index (χ1) is 11.6. The Hall–Kier alpha value is -1.88. The Morgan fingerprint density at radius 3 is 2.88 bits per heavy atom. The predicted octanol–water partition coefficient (Wildman–Crippen LogP) is 3.94. The molecule has 1 heterocycles. The number of benzene rings is 2. The molecule has 4 nitrogen and oxygen atoms in total. The van der Waals surface area contributed by atoms with Gasteiger partial charge in [-0.1, -0.05) is 41.9 Å². The molecule has 0 amide bonds. The predicted molar refractivity (Wildman–Crippen MR) is 92.2 cm³/mol. The summed E-state index contributed by atoms with van der Waals surface area (Å²) in [5, 5.41) is 9.60. The Balaban J connectivity index is 1.83. The monoisotopic (exact) mass is 346 g/mol. The highest BCUT2D eigenvalue weighted by atomic mass is 35.5. The molecule has 1 N–H and O–H groups in total. The lowest BCUT2D eigenvalue weighted by atomic mass is 9.96. The summed E-state index contributed by atoms with van der Waals surface area (Å²) in [5.41, 5.74) is 3.46. The third-order valence-electron chi connectivity index (χ3n) is 4.06. The fraction of sp³-hybridized carbons (Fsp3) is 0.316. The van der Waals surface area contributed by atoms with Crippen LogP contribution in [0, 0.1) is 0 Å². The van der Waals surface area contributed by atoms with Gasteiger partial charge in [-0.25, -0.2) is 0 Å². The van der Waals surface area contributed by atoms with E-state index in [9.17, 15) is 4.79 Å². The fourth-order valence-corrected chi connectivity index (χ4v) is 3.09. The number of hydrogen-bond donors (Lipinski definition) is 1. The van der Waals surface area contributed by atoms with Crippen molar-refractivity contribution in [1.82, 2.24) is 0 Å². The summed E-state index contributed by atoms with van der Waals surface area (Å²) in [6.07, 6.45) is 0.980. The van der Waals surface area contributed by atoms with Crippen molar-refractivity contribution in [2.45, 2.75) is 25.6 Å². The van der Waals surface area contributed by atoms with Crippen molar-refractivity contribution in [2.24, 2.45) is 0 Å². The first kappa shape index (κ1) is 17.0. The van der Waals surface area contributed by atoms with Crippen LogP contribution in [0.3, 0.4) is 0 Å². The minimum Gasteiger partial charge on any atom is -0.481 e. The molecule has 24 heavy (non-hydrogen) atoms. The van der Waals surface area contributed by atoms with E-state index >= 15 is 0 Å². The van der Waals surface area contributed by atoms with Gasteiger partial charge in [0.1, 0.15) is 0 Å². The molecule has 1 unspecified atom stereocenters. The molecule has 0 aromatic heterocycles. The summed E-state index contributed by atoms with van der Waals surface area (Å²) in [6.45, 7) is 1.92. The van der Waals surface area contributed by atoms with Crippen LogP contribution >= 0.6 is 11.6 Å². The molecule has 2 aromatic carbocycles. The van der Waals surface area contributed by atoms with Crippen LogP contribution in [0.2, 0.25) is 5.02 Å². The average molecular weight is 347 g/mol. The second-order valence-electron chi connectivity index (χ2n) is 5.83. The van der Waals surface area contributed by atoms with E-state index in [1.165, 1.54) is 0 Å². The summed E-state index contributed by atoms with van der Waals surface area (Å²) < 4.78 is 11.2. The quantitative estimate of drug-likeness (QED) is 0.860. The standard InChI is InChI=1S/C19H19ClO4/c20-18-6-2-5-16(17(18)10-19(21)22)14-4-1-3-13(9-14)11-24-15-7-8-23-12-15/h1-6,9,15H,7-8,10-12H2,(H,21,22). The van der Waals surface area contributed by atoms with Crippen molar-refractivity contribution in [2.75, 3.05) is 13.2 Å². The number of carboxylic acids is 1. The smallest absolute Gasteiger partial charge is 0.307 e. The van der Waals surface area contributed by atoms with Gasteiger partial charge in [0, 0.05) is 11.6 Å². The van der Waals surface area contributed by atoms with Crippen molar-refractivity contribution in [3.8, 4) is 11.1 Å². The van der Waals surface area contributed by atoms with Gasteiger partial charge in [0.15, 0.2) is 0 Å². The minimum absolute atomic E-state index is 0.102. The largest absolute Gasteiger partial charge is 0.481 e. The summed E-state index contributed by atoms with van der Waals surface area (Å²) in [6, 6.07) is 13.4. The zero-order valence-electron chi connectivity index (χ0n) is 13.2. The molecule has 0 saturated carbocycles. The molecule has 5 heteroatoms. The molecule has 1 saturated heterocycles. The van der Waals surface area contributed by atoms with Crippen molar-refractivity contribution < 1.29 is 19.4 Å². The van der Waals surface area contributed by atoms with E-state index in [1.54, 1.807) is 6.07 Å². The lowest BCUT2D eigenvalue weighted by molar-refractivity contribution is -0.136. The number of carboxylic acid groups (broad SMARTS) is 1. The van der Waals surface area contributed by atoms with E-state index in [2.05, 4.69) is 0 Å². The highest BCUT2D eigenvalue weighted by Gasteiger charge is 2.16. The van der Waals surface area contributed by atoms with Crippen LogP contribution in [-0.2, 0) is 27.3 Å². The highest BCUT2D eigenvalue weighted by Crippen LogP contribution is 2.30. The zero-order chi connectivity index (χ0) is 16.9. The molecular formula is C19H19ClO4. The summed E-state index contributed by atoms with van der Waals surface area (Å²) in [5.74, 6) is -0.898. The van der Waals surface area contributed by atoms with Gasteiger partial charge in [-0.3, -0.25) is 4.79 Å². The average Bonchev–Trinajstić information content (AvgIpc) is 3.08. The van der Waals surface area contributed by atoms with Gasteiger partial charge in [0.2, 0.25) is 0 Å². The maximum absolute atomic E-state index is 11.1. The second-order valence-corrected chi connectivity index (χ2v) is 6.24. The highest BCUT2D eigenvalue weighted by molar-refractivity contribution is 6.32. The van der Waals surface area contributed by atoms with Crippen LogP contribution in [0.4, 0.5) is 0 Å². The van der Waals surface area contributed by atoms with Gasteiger partial charge in [-0.05, 0) is 40.8 Å². The van der Waals surface area contributed by atoms with Gasteiger partial charge in [0.05, 0.1) is 25.7 Å². The third kappa shape index (κ3) is 4.15. The van der Waals surface area contributed by atoms with Crippen molar-refractivity contribution in [3.63, 3.8) is 0 Å². The summed E-state index contributed by atoms with van der Waals surface area (Å²) >= 11 is 6.21. The van der Waals surface area contributed by atoms with Crippen LogP contribution in [0.5, 0.6) is 0 Å². The van der Waals surface area contributed by atoms with Crippen molar-refractivity contribution >= 4 is 17.6 Å². The Bertz CT molecular complexity index is 723. The van der Waals surface area contributed by atoms with E-state index in [0.717, 1.165) is 29.7 Å². The van der Waals surface area contributed by atoms with Gasteiger partial charge >= 0.3 is 5.97 Å². The minimum atomic E-state index is -0.898. The van der Waals surface area contributed by atoms with Crippen LogP contribution in [-0.4, -0.2) is 30.4 Å². The van der Waals surface area contributed by atoms with E-state index in [-0.39, 0.29) is 12.5 Å². The molecule has 1 fully saturated rings. The Morgan fingerprint density at radius 1 is 1.29 bits per heavy atom. The fourth-order valence-electron chi connectivity index (χ4n) is 2.85. The number of carbonyl (C=O) groups is 1. The third-order valence-corrected chi connectivity index (χ3v) is 4.41. The molecule has 2 aromatic rings. The van der Waals surface area contributed by atoms with E-state index in [1.807, 2.05) is 36.4 Å². The van der Waals surface area contributed by atoms with Gasteiger partial charge in [-0.15, -0.1) is 0 Å². The maximum atomic E-state index is 11.1. The number of aliphatic carboxylic acids is 1. The van der Waals surface area contributed by atoms with Crippen LogP contribution in [0.25, 0.3) is 11.1 Å². The molecule has 1 atom stereocenters. The number of halogens is 1. The number of ether oxygens (including phenoxy) is 2. The van der Waals surface area contributed by atoms with E-state index in [4.69, 9.17) is 26.2 Å². The van der Waals surface area contributed by atoms with Crippen LogP contribution in [0.1, 0.15) is 17.5 Å². The molecule has 0 spiro atoms. The van der Waals surface area contributed by atoms with Gasteiger partial charge in [0.25, 0.3) is 0 Å². The SMILES string of the molecule is O=C(O)Cc1c(Cl)cccc1-c1cccc(COC2CCOC2)c1. The van der Waals surface area contributed by atoms with Gasteiger partial charge in [-0.2, -0.15) is 0 Å². The van der Waals surface area contributed by atoms with Crippen LogP contribution in [0.15, 0.2) is 42.5 Å². The Morgan fingerprint density at radius 2 is 2.12 bits per heavy atom. The summed E-state index contributed by atoms with van der Waals surface area (Å²) in [7, 11) is 0. The molecule has 0 bridgehead atoms. The summed E-state index contributed by atoms with van der Waals surface area (Å²) in [4.78, 5) is 11.1. The molecule has 126 valence electrons. The molecule has 3 rings (SSSR count). The van der Waals surface area contributed by atoms with Crippen LogP contribution < -0.4 is 0 Å². The molecular weight excluding hydrogens is 328 g/mol. The maximum Gasteiger partial charge on any atom is 0.307 e. The Labute approximate surface area is 146 Å². The first-order valence-corrected chi connectivity index (χ1v) is 8.29. The molecule has 1 aliphatic rings. The van der Waals surface area contributed by atoms with E-state index < -0.39 is 5.97 Å².